The van der Waals surface area contributed by atoms with Crippen molar-refractivity contribution in [2.45, 2.75) is 40.7 Å². The predicted molar refractivity (Wildman–Crippen MR) is 79.8 cm³/mol. The lowest BCUT2D eigenvalue weighted by atomic mass is 10.1. The summed E-state index contributed by atoms with van der Waals surface area (Å²) < 4.78 is 1.99. The van der Waals surface area contributed by atoms with Crippen LogP contribution in [-0.2, 0) is 6.54 Å². The van der Waals surface area contributed by atoms with Crippen molar-refractivity contribution in [1.29, 1.82) is 0 Å². The third kappa shape index (κ3) is 3.24. The fraction of sp³-hybridized carbons (Fsp3) is 0.438. The number of rotatable bonds is 5. The zero-order chi connectivity index (χ0) is 13.8. The molecule has 1 N–H and O–H groups in total. The molecule has 0 saturated heterocycles. The second-order valence-electron chi connectivity index (χ2n) is 5.22. The van der Waals surface area contributed by atoms with Crippen LogP contribution < -0.4 is 5.32 Å². The standard InChI is InChI=1S/C16H23N3/c1-5-6-17-9-15-10-18-19(11-15)16-13(3)7-12(2)8-14(16)4/h7-8,10-11,17H,5-6,9H2,1-4H3. The van der Waals surface area contributed by atoms with Gasteiger partial charge in [-0.1, -0.05) is 24.6 Å². The first-order valence-corrected chi connectivity index (χ1v) is 6.94. The molecular formula is C16H23N3. The molecule has 0 amide bonds. The zero-order valence-electron chi connectivity index (χ0n) is 12.3. The average Bonchev–Trinajstić information content (AvgIpc) is 2.76. The van der Waals surface area contributed by atoms with Gasteiger partial charge in [0.05, 0.1) is 11.9 Å². The van der Waals surface area contributed by atoms with Gasteiger partial charge in [-0.25, -0.2) is 4.68 Å². The van der Waals surface area contributed by atoms with Gasteiger partial charge in [0.1, 0.15) is 0 Å². The SMILES string of the molecule is CCCNCc1cnn(-c2c(C)cc(C)cc2C)c1. The van der Waals surface area contributed by atoms with Gasteiger partial charge in [0.15, 0.2) is 0 Å². The molecule has 0 radical (unpaired) electrons. The molecule has 3 heteroatoms. The van der Waals surface area contributed by atoms with Crippen molar-refractivity contribution in [3.63, 3.8) is 0 Å². The highest BCUT2D eigenvalue weighted by molar-refractivity contribution is 5.48. The van der Waals surface area contributed by atoms with Crippen LogP contribution in [0.4, 0.5) is 0 Å². The second kappa shape index (κ2) is 6.02. The van der Waals surface area contributed by atoms with Crippen molar-refractivity contribution in [3.8, 4) is 5.69 Å². The summed E-state index contributed by atoms with van der Waals surface area (Å²) in [6, 6.07) is 4.41. The van der Waals surface area contributed by atoms with E-state index in [9.17, 15) is 0 Å². The Morgan fingerprint density at radius 2 is 1.84 bits per heavy atom. The summed E-state index contributed by atoms with van der Waals surface area (Å²) in [7, 11) is 0. The maximum atomic E-state index is 4.49. The van der Waals surface area contributed by atoms with Crippen LogP contribution in [0.5, 0.6) is 0 Å². The van der Waals surface area contributed by atoms with Gasteiger partial charge >= 0.3 is 0 Å². The van der Waals surface area contributed by atoms with Crippen LogP contribution in [0, 0.1) is 20.8 Å². The zero-order valence-corrected chi connectivity index (χ0v) is 12.3. The van der Waals surface area contributed by atoms with Gasteiger partial charge < -0.3 is 5.32 Å². The first-order chi connectivity index (χ1) is 9.11. The molecule has 102 valence electrons. The van der Waals surface area contributed by atoms with E-state index in [1.54, 1.807) is 0 Å². The molecule has 1 aromatic heterocycles. The van der Waals surface area contributed by atoms with Gasteiger partial charge in [0, 0.05) is 18.3 Å². The predicted octanol–water partition coefficient (Wildman–Crippen LogP) is 3.30. The van der Waals surface area contributed by atoms with E-state index in [4.69, 9.17) is 0 Å². The summed E-state index contributed by atoms with van der Waals surface area (Å²) in [4.78, 5) is 0. The molecule has 0 bridgehead atoms. The molecule has 0 saturated carbocycles. The lowest BCUT2D eigenvalue weighted by molar-refractivity contribution is 0.675. The number of nitrogens with zero attached hydrogens (tertiary/aromatic N) is 2. The monoisotopic (exact) mass is 257 g/mol. The molecule has 2 rings (SSSR count). The smallest absolute Gasteiger partial charge is 0.0704 e. The summed E-state index contributed by atoms with van der Waals surface area (Å²) >= 11 is 0. The highest BCUT2D eigenvalue weighted by atomic mass is 15.3. The van der Waals surface area contributed by atoms with Crippen LogP contribution in [-0.4, -0.2) is 16.3 Å². The van der Waals surface area contributed by atoms with Gasteiger partial charge in [-0.2, -0.15) is 5.10 Å². The van der Waals surface area contributed by atoms with Crippen molar-refractivity contribution in [3.05, 3.63) is 46.8 Å². The maximum Gasteiger partial charge on any atom is 0.0704 e. The molecule has 1 aromatic carbocycles. The Hall–Kier alpha value is -1.61. The van der Waals surface area contributed by atoms with E-state index in [2.05, 4.69) is 56.4 Å². The third-order valence-electron chi connectivity index (χ3n) is 3.26. The van der Waals surface area contributed by atoms with Gasteiger partial charge in [0.2, 0.25) is 0 Å². The number of nitrogens with one attached hydrogen (secondary N) is 1. The fourth-order valence-corrected chi connectivity index (χ4v) is 2.52. The largest absolute Gasteiger partial charge is 0.313 e. The van der Waals surface area contributed by atoms with Crippen molar-refractivity contribution < 1.29 is 0 Å². The quantitative estimate of drug-likeness (QED) is 0.833. The van der Waals surface area contributed by atoms with E-state index < -0.39 is 0 Å². The molecule has 0 spiro atoms. The van der Waals surface area contributed by atoms with Crippen LogP contribution in [0.3, 0.4) is 0 Å². The summed E-state index contributed by atoms with van der Waals surface area (Å²) in [5, 5.41) is 7.89. The molecular weight excluding hydrogens is 234 g/mol. The van der Waals surface area contributed by atoms with Crippen molar-refractivity contribution in [2.24, 2.45) is 0 Å². The topological polar surface area (TPSA) is 29.9 Å². The van der Waals surface area contributed by atoms with E-state index in [1.807, 2.05) is 10.9 Å². The fourth-order valence-electron chi connectivity index (χ4n) is 2.52. The Labute approximate surface area is 115 Å². The van der Waals surface area contributed by atoms with Crippen LogP contribution >= 0.6 is 0 Å². The first kappa shape index (κ1) is 13.8. The molecule has 19 heavy (non-hydrogen) atoms. The van der Waals surface area contributed by atoms with Crippen LogP contribution in [0.1, 0.15) is 35.6 Å². The Bertz CT molecular complexity index is 532. The highest BCUT2D eigenvalue weighted by Crippen LogP contribution is 2.20. The minimum Gasteiger partial charge on any atom is -0.313 e. The number of hydrogen-bond donors (Lipinski definition) is 1. The molecule has 2 aromatic rings. The maximum absolute atomic E-state index is 4.49. The lowest BCUT2D eigenvalue weighted by Crippen LogP contribution is -2.13. The molecule has 1 heterocycles. The van der Waals surface area contributed by atoms with Crippen LogP contribution in [0.2, 0.25) is 0 Å². The minimum atomic E-state index is 0.887. The van der Waals surface area contributed by atoms with Crippen LogP contribution in [0.15, 0.2) is 24.5 Å². The number of aromatic nitrogens is 2. The summed E-state index contributed by atoms with van der Waals surface area (Å²) in [6.45, 7) is 10.5. The average molecular weight is 257 g/mol. The normalized spacial score (nSPS) is 10.9. The molecule has 0 aliphatic carbocycles. The molecule has 0 unspecified atom stereocenters. The number of benzene rings is 1. The van der Waals surface area contributed by atoms with Crippen molar-refractivity contribution in [1.82, 2.24) is 15.1 Å². The molecule has 0 atom stereocenters. The number of aryl methyl sites for hydroxylation is 3. The van der Waals surface area contributed by atoms with E-state index in [1.165, 1.54) is 27.9 Å². The molecule has 3 nitrogen and oxygen atoms in total. The van der Waals surface area contributed by atoms with E-state index in [-0.39, 0.29) is 0 Å². The minimum absolute atomic E-state index is 0.887. The number of hydrogen-bond acceptors (Lipinski definition) is 2. The Kier molecular flexibility index (Phi) is 4.38. The summed E-state index contributed by atoms with van der Waals surface area (Å²) in [5.41, 5.74) is 6.28. The third-order valence-corrected chi connectivity index (χ3v) is 3.26. The molecule has 0 fully saturated rings. The Balaban J connectivity index is 2.23. The van der Waals surface area contributed by atoms with Gasteiger partial charge in [-0.3, -0.25) is 0 Å². The highest BCUT2D eigenvalue weighted by Gasteiger charge is 2.07. The summed E-state index contributed by atoms with van der Waals surface area (Å²) in [5.74, 6) is 0. The van der Waals surface area contributed by atoms with Gasteiger partial charge in [-0.05, 0) is 44.9 Å². The molecule has 0 aliphatic rings. The van der Waals surface area contributed by atoms with Crippen molar-refractivity contribution >= 4 is 0 Å². The van der Waals surface area contributed by atoms with Crippen molar-refractivity contribution in [2.75, 3.05) is 6.54 Å². The van der Waals surface area contributed by atoms with E-state index in [0.29, 0.717) is 0 Å². The first-order valence-electron chi connectivity index (χ1n) is 6.94. The summed E-state index contributed by atoms with van der Waals surface area (Å²) in [6.07, 6.45) is 5.22. The van der Waals surface area contributed by atoms with Gasteiger partial charge in [-0.15, -0.1) is 0 Å². The molecule has 0 aliphatic heterocycles. The second-order valence-corrected chi connectivity index (χ2v) is 5.22. The van der Waals surface area contributed by atoms with E-state index in [0.717, 1.165) is 19.5 Å². The Morgan fingerprint density at radius 3 is 2.47 bits per heavy atom. The van der Waals surface area contributed by atoms with Crippen LogP contribution in [0.25, 0.3) is 5.69 Å². The Morgan fingerprint density at radius 1 is 1.16 bits per heavy atom. The van der Waals surface area contributed by atoms with Gasteiger partial charge in [0.25, 0.3) is 0 Å². The lowest BCUT2D eigenvalue weighted by Gasteiger charge is -2.11. The van der Waals surface area contributed by atoms with E-state index >= 15 is 0 Å².